The third-order valence-corrected chi connectivity index (χ3v) is 5.44. The molecule has 2 aliphatic rings. The minimum Gasteiger partial charge on any atom is -0.273 e. The van der Waals surface area contributed by atoms with Crippen LogP contribution in [0.25, 0.3) is 0 Å². The Morgan fingerprint density at radius 1 is 1.47 bits per heavy atom. The van der Waals surface area contributed by atoms with Crippen LogP contribution in [0.15, 0.2) is 0 Å². The van der Waals surface area contributed by atoms with Crippen LogP contribution in [-0.2, 0) is 14.8 Å². The normalized spacial score (nSPS) is 34.9. The fourth-order valence-corrected chi connectivity index (χ4v) is 3.45. The summed E-state index contributed by atoms with van der Waals surface area (Å²) in [5, 5.41) is -0.316. The first-order valence-electron chi connectivity index (χ1n) is 5.46. The fourth-order valence-electron chi connectivity index (χ4n) is 2.03. The van der Waals surface area contributed by atoms with Gasteiger partial charge < -0.3 is 0 Å². The Labute approximate surface area is 90.5 Å². The number of rotatable bonds is 4. The van der Waals surface area contributed by atoms with Gasteiger partial charge in [-0.25, -0.2) is 8.42 Å². The quantitative estimate of drug-likeness (QED) is 0.786. The molecular weight excluding hydrogens is 214 g/mol. The van der Waals surface area contributed by atoms with Crippen molar-refractivity contribution in [3.63, 3.8) is 0 Å². The molecule has 86 valence electrons. The molecule has 1 N–H and O–H groups in total. The van der Waals surface area contributed by atoms with Gasteiger partial charge in [-0.15, -0.1) is 0 Å². The van der Waals surface area contributed by atoms with Gasteiger partial charge in [-0.3, -0.25) is 9.52 Å². The summed E-state index contributed by atoms with van der Waals surface area (Å²) in [5.41, 5.74) is -0.434. The Bertz CT molecular complexity index is 385. The van der Waals surface area contributed by atoms with Crippen LogP contribution in [0.2, 0.25) is 0 Å². The first-order chi connectivity index (χ1) is 6.90. The van der Waals surface area contributed by atoms with Crippen LogP contribution in [0, 0.1) is 11.3 Å². The molecule has 0 aromatic carbocycles. The summed E-state index contributed by atoms with van der Waals surface area (Å²) in [5.74, 6) is 0.0492. The van der Waals surface area contributed by atoms with Crippen LogP contribution in [0.5, 0.6) is 0 Å². The molecule has 2 fully saturated rings. The van der Waals surface area contributed by atoms with Crippen LogP contribution < -0.4 is 4.72 Å². The number of nitrogens with one attached hydrogen (secondary N) is 1. The number of amides is 1. The summed E-state index contributed by atoms with van der Waals surface area (Å²) in [6, 6.07) is 0. The topological polar surface area (TPSA) is 63.2 Å². The van der Waals surface area contributed by atoms with E-state index in [1.165, 1.54) is 0 Å². The molecule has 2 atom stereocenters. The SMILES string of the molecule is CCC1CC1(C)C(=O)NS(=O)(=O)C1CC1. The maximum Gasteiger partial charge on any atom is 0.239 e. The summed E-state index contributed by atoms with van der Waals surface area (Å²) in [6.07, 6.45) is 3.13. The van der Waals surface area contributed by atoms with Gasteiger partial charge in [-0.1, -0.05) is 20.3 Å². The number of carbonyl (C=O) groups excluding carboxylic acids is 1. The zero-order valence-electron chi connectivity index (χ0n) is 9.12. The first kappa shape index (κ1) is 10.9. The molecule has 2 rings (SSSR count). The molecule has 15 heavy (non-hydrogen) atoms. The van der Waals surface area contributed by atoms with E-state index in [0.717, 1.165) is 12.8 Å². The highest BCUT2D eigenvalue weighted by atomic mass is 32.2. The summed E-state index contributed by atoms with van der Waals surface area (Å²) in [4.78, 5) is 11.8. The summed E-state index contributed by atoms with van der Waals surface area (Å²) >= 11 is 0. The van der Waals surface area contributed by atoms with Crippen molar-refractivity contribution in [1.29, 1.82) is 0 Å². The van der Waals surface area contributed by atoms with Crippen molar-refractivity contribution in [2.45, 2.75) is 44.8 Å². The van der Waals surface area contributed by atoms with Gasteiger partial charge in [0.1, 0.15) is 0 Å². The molecule has 0 bridgehead atoms. The van der Waals surface area contributed by atoms with Gasteiger partial charge in [-0.05, 0) is 25.2 Å². The zero-order chi connectivity index (χ0) is 11.3. The van der Waals surface area contributed by atoms with Gasteiger partial charge in [0, 0.05) is 0 Å². The van der Waals surface area contributed by atoms with E-state index in [-0.39, 0.29) is 11.2 Å². The zero-order valence-corrected chi connectivity index (χ0v) is 9.93. The average Bonchev–Trinajstić information content (AvgIpc) is 2.97. The minimum absolute atomic E-state index is 0.304. The van der Waals surface area contributed by atoms with E-state index >= 15 is 0 Å². The predicted molar refractivity (Wildman–Crippen MR) is 56.6 cm³/mol. The van der Waals surface area contributed by atoms with E-state index in [1.807, 2.05) is 13.8 Å². The lowest BCUT2D eigenvalue weighted by Gasteiger charge is -2.11. The highest BCUT2D eigenvalue weighted by Gasteiger charge is 2.56. The van der Waals surface area contributed by atoms with Crippen molar-refractivity contribution < 1.29 is 13.2 Å². The van der Waals surface area contributed by atoms with Crippen molar-refractivity contribution in [2.24, 2.45) is 11.3 Å². The second kappa shape index (κ2) is 3.20. The van der Waals surface area contributed by atoms with Gasteiger partial charge in [0.15, 0.2) is 0 Å². The van der Waals surface area contributed by atoms with Crippen LogP contribution in [-0.4, -0.2) is 19.6 Å². The first-order valence-corrected chi connectivity index (χ1v) is 7.01. The van der Waals surface area contributed by atoms with E-state index in [4.69, 9.17) is 0 Å². The fraction of sp³-hybridized carbons (Fsp3) is 0.900. The standard InChI is InChI=1S/C10H17NO3S/c1-3-7-6-10(7,2)9(12)11-15(13,14)8-4-5-8/h7-8H,3-6H2,1-2H3,(H,11,12). The molecule has 0 radical (unpaired) electrons. The van der Waals surface area contributed by atoms with Crippen LogP contribution >= 0.6 is 0 Å². The van der Waals surface area contributed by atoms with E-state index in [2.05, 4.69) is 4.72 Å². The Morgan fingerprint density at radius 3 is 2.47 bits per heavy atom. The molecule has 2 aliphatic carbocycles. The molecule has 0 spiro atoms. The summed E-state index contributed by atoms with van der Waals surface area (Å²) < 4.78 is 25.3. The van der Waals surface area contributed by atoms with Crippen LogP contribution in [0.3, 0.4) is 0 Å². The van der Waals surface area contributed by atoms with Gasteiger partial charge in [0.2, 0.25) is 15.9 Å². The molecular formula is C10H17NO3S. The monoisotopic (exact) mass is 231 g/mol. The lowest BCUT2D eigenvalue weighted by Crippen LogP contribution is -2.38. The maximum absolute atomic E-state index is 11.8. The molecule has 5 heteroatoms. The van der Waals surface area contributed by atoms with Crippen molar-refractivity contribution >= 4 is 15.9 Å². The average molecular weight is 231 g/mol. The number of sulfonamides is 1. The molecule has 1 amide bonds. The number of hydrogen-bond acceptors (Lipinski definition) is 3. The smallest absolute Gasteiger partial charge is 0.239 e. The maximum atomic E-state index is 11.8. The second-order valence-electron chi connectivity index (χ2n) is 4.90. The number of carbonyl (C=O) groups is 1. The number of hydrogen-bond donors (Lipinski definition) is 1. The Balaban J connectivity index is 1.99. The van der Waals surface area contributed by atoms with Gasteiger partial charge in [0.05, 0.1) is 10.7 Å². The predicted octanol–water partition coefficient (Wildman–Crippen LogP) is 1.03. The van der Waals surface area contributed by atoms with E-state index in [0.29, 0.717) is 18.8 Å². The molecule has 0 aromatic heterocycles. The minimum atomic E-state index is -3.36. The van der Waals surface area contributed by atoms with Gasteiger partial charge in [0.25, 0.3) is 0 Å². The van der Waals surface area contributed by atoms with E-state index in [9.17, 15) is 13.2 Å². The van der Waals surface area contributed by atoms with Crippen molar-refractivity contribution in [1.82, 2.24) is 4.72 Å². The largest absolute Gasteiger partial charge is 0.273 e. The lowest BCUT2D eigenvalue weighted by atomic mass is 10.1. The van der Waals surface area contributed by atoms with Crippen molar-refractivity contribution in [2.75, 3.05) is 0 Å². The van der Waals surface area contributed by atoms with E-state index < -0.39 is 15.4 Å². The summed E-state index contributed by atoms with van der Waals surface area (Å²) in [6.45, 7) is 3.87. The highest BCUT2D eigenvalue weighted by molar-refractivity contribution is 7.90. The Hall–Kier alpha value is -0.580. The molecule has 0 heterocycles. The summed E-state index contributed by atoms with van der Waals surface area (Å²) in [7, 11) is -3.36. The third kappa shape index (κ3) is 1.89. The molecule has 2 saturated carbocycles. The van der Waals surface area contributed by atoms with Gasteiger partial charge >= 0.3 is 0 Å². The van der Waals surface area contributed by atoms with Crippen LogP contribution in [0.4, 0.5) is 0 Å². The molecule has 4 nitrogen and oxygen atoms in total. The van der Waals surface area contributed by atoms with Crippen molar-refractivity contribution in [3.05, 3.63) is 0 Å². The highest BCUT2D eigenvalue weighted by Crippen LogP contribution is 2.54. The molecule has 0 aliphatic heterocycles. The molecule has 0 saturated heterocycles. The molecule has 0 aromatic rings. The molecule has 2 unspecified atom stereocenters. The third-order valence-electron chi connectivity index (χ3n) is 3.62. The van der Waals surface area contributed by atoms with Crippen LogP contribution in [0.1, 0.15) is 39.5 Å². The lowest BCUT2D eigenvalue weighted by molar-refractivity contribution is -0.124. The Morgan fingerprint density at radius 2 is 2.07 bits per heavy atom. The Kier molecular flexibility index (Phi) is 2.33. The second-order valence-corrected chi connectivity index (χ2v) is 6.86. The van der Waals surface area contributed by atoms with E-state index in [1.54, 1.807) is 0 Å². The van der Waals surface area contributed by atoms with Crippen molar-refractivity contribution in [3.8, 4) is 0 Å². The van der Waals surface area contributed by atoms with Gasteiger partial charge in [-0.2, -0.15) is 0 Å².